The van der Waals surface area contributed by atoms with Crippen molar-refractivity contribution in [1.82, 2.24) is 9.13 Å². The van der Waals surface area contributed by atoms with Gasteiger partial charge >= 0.3 is 0 Å². The zero-order valence-corrected chi connectivity index (χ0v) is 28.1. The molecule has 0 fully saturated rings. The normalized spacial score (nSPS) is 12.1. The van der Waals surface area contributed by atoms with Crippen molar-refractivity contribution in [2.75, 3.05) is 0 Å². The van der Waals surface area contributed by atoms with Crippen molar-refractivity contribution >= 4 is 46.2 Å². The second kappa shape index (κ2) is 13.2. The molecule has 5 aromatic heterocycles. The highest BCUT2D eigenvalue weighted by Gasteiger charge is 2.20. The largest absolute Gasteiger partial charge is 0.340 e. The van der Waals surface area contributed by atoms with E-state index in [1.807, 2.05) is 60.0 Å². The van der Waals surface area contributed by atoms with Crippen LogP contribution in [0.25, 0.3) is 52.8 Å². The van der Waals surface area contributed by atoms with Gasteiger partial charge in [0.2, 0.25) is 0 Å². The fourth-order valence-electron chi connectivity index (χ4n) is 5.36. The highest BCUT2D eigenvalue weighted by molar-refractivity contribution is 7.28. The van der Waals surface area contributed by atoms with Crippen LogP contribution in [0.3, 0.4) is 0 Å². The topological polar surface area (TPSA) is 57.4 Å². The van der Waals surface area contributed by atoms with Gasteiger partial charge in [0.15, 0.2) is 0 Å². The molecule has 43 heavy (non-hydrogen) atoms. The molecule has 0 saturated heterocycles. The molecule has 0 amide bonds. The van der Waals surface area contributed by atoms with Crippen LogP contribution < -0.4 is 0 Å². The van der Waals surface area contributed by atoms with E-state index < -0.39 is 0 Å². The van der Waals surface area contributed by atoms with Crippen LogP contribution in [-0.4, -0.2) is 9.13 Å². The predicted molar refractivity (Wildman–Crippen MR) is 186 cm³/mol. The summed E-state index contributed by atoms with van der Waals surface area (Å²) >= 11 is 5.57. The maximum atomic E-state index is 9.30. The maximum absolute atomic E-state index is 9.30. The molecule has 218 valence electrons. The minimum Gasteiger partial charge on any atom is -0.340 e. The summed E-state index contributed by atoms with van der Waals surface area (Å²) in [5.41, 5.74) is 8.69. The zero-order chi connectivity index (χ0) is 30.7. The van der Waals surface area contributed by atoms with E-state index in [0.29, 0.717) is 11.1 Å². The first-order valence-corrected chi connectivity index (χ1v) is 17.1. The minimum atomic E-state index is 0.716. The van der Waals surface area contributed by atoms with E-state index in [-0.39, 0.29) is 0 Å². The van der Waals surface area contributed by atoms with Gasteiger partial charge in [0.1, 0.15) is 0 Å². The van der Waals surface area contributed by atoms with E-state index in [1.165, 1.54) is 51.8 Å². The monoisotopic (exact) mass is 620 g/mol. The first-order valence-electron chi connectivity index (χ1n) is 14.7. The van der Waals surface area contributed by atoms with Crippen molar-refractivity contribution in [1.29, 1.82) is 10.5 Å². The van der Waals surface area contributed by atoms with E-state index in [4.69, 9.17) is 0 Å². The van der Waals surface area contributed by atoms with Crippen molar-refractivity contribution in [2.24, 2.45) is 0 Å². The molecule has 0 aliphatic rings. The Hall–Kier alpha value is -3.88. The Morgan fingerprint density at radius 1 is 0.628 bits per heavy atom. The van der Waals surface area contributed by atoms with E-state index in [0.717, 1.165) is 37.3 Å². The van der Waals surface area contributed by atoms with Gasteiger partial charge in [-0.2, -0.15) is 10.5 Å². The summed E-state index contributed by atoms with van der Waals surface area (Å²) in [4.78, 5) is 7.74. The number of rotatable bonds is 10. The van der Waals surface area contributed by atoms with E-state index in [2.05, 4.69) is 97.5 Å². The summed E-state index contributed by atoms with van der Waals surface area (Å²) in [5, 5.41) is 18.6. The Morgan fingerprint density at radius 3 is 1.40 bits per heavy atom. The Bertz CT molecular complexity index is 1780. The van der Waals surface area contributed by atoms with Crippen LogP contribution in [-0.2, 0) is 13.1 Å². The summed E-state index contributed by atoms with van der Waals surface area (Å²) in [6, 6.07) is 22.1. The van der Waals surface area contributed by atoms with Crippen LogP contribution in [0, 0.1) is 36.5 Å². The van der Waals surface area contributed by atoms with Crippen molar-refractivity contribution in [2.45, 2.75) is 67.5 Å². The highest BCUT2D eigenvalue weighted by Crippen LogP contribution is 2.47. The van der Waals surface area contributed by atoms with Crippen molar-refractivity contribution in [3.8, 4) is 52.8 Å². The van der Waals surface area contributed by atoms with E-state index >= 15 is 0 Å². The smallest absolute Gasteiger partial charge is 0.0944 e. The van der Waals surface area contributed by atoms with Crippen LogP contribution in [0.2, 0.25) is 0 Å². The molecule has 5 heterocycles. The lowest BCUT2D eigenvalue weighted by Crippen LogP contribution is -2.00. The van der Waals surface area contributed by atoms with Crippen molar-refractivity contribution in [3.05, 3.63) is 82.2 Å². The Morgan fingerprint density at radius 2 is 1.02 bits per heavy atom. The molecule has 5 aromatic rings. The van der Waals surface area contributed by atoms with Crippen molar-refractivity contribution < 1.29 is 0 Å². The first kappa shape index (κ1) is 30.6. The highest BCUT2D eigenvalue weighted by atomic mass is 32.1. The molecule has 0 radical (unpaired) electrons. The fraction of sp³-hybridized carbons (Fsp3) is 0.278. The van der Waals surface area contributed by atoms with Gasteiger partial charge in [-0.1, -0.05) is 13.8 Å². The molecular weight excluding hydrogens is 585 g/mol. The first-order chi connectivity index (χ1) is 20.8. The zero-order valence-electron chi connectivity index (χ0n) is 25.6. The molecule has 0 N–H and O–H groups in total. The predicted octanol–water partition coefficient (Wildman–Crippen LogP) is 11.4. The molecule has 4 nitrogen and oxygen atoms in total. The van der Waals surface area contributed by atoms with Gasteiger partial charge in [-0.25, -0.2) is 0 Å². The molecule has 0 spiro atoms. The molecule has 0 atom stereocenters. The molecule has 0 bridgehead atoms. The lowest BCUT2D eigenvalue weighted by molar-refractivity contribution is 0.685. The fourth-order valence-corrected chi connectivity index (χ4v) is 9.09. The molecular formula is C36H36N4S3. The second-order valence-electron chi connectivity index (χ2n) is 10.8. The number of hydrogen-bond donors (Lipinski definition) is 0. The number of nitrogens with zero attached hydrogens (tertiary/aromatic N) is 4. The van der Waals surface area contributed by atoms with Crippen LogP contribution in [0.4, 0.5) is 0 Å². The van der Waals surface area contributed by atoms with Crippen LogP contribution in [0.15, 0.2) is 59.7 Å². The lowest BCUT2D eigenvalue weighted by atomic mass is 10.1. The second-order valence-corrected chi connectivity index (χ2v) is 14.0. The third-order valence-corrected chi connectivity index (χ3v) is 11.6. The number of allylic oxidation sites excluding steroid dienone is 2. The summed E-state index contributed by atoms with van der Waals surface area (Å²) in [6.07, 6.45) is 6.02. The van der Waals surface area contributed by atoms with Crippen molar-refractivity contribution in [3.63, 3.8) is 0 Å². The standard InChI is InChI=1S/C36H36N4S3/c1-7-17-39-27(19-23(3)21-37)9-11-29(39)31-13-15-33(41-31)35-25(5)26(6)36(43-35)34-16-14-32(42-34)30-12-10-28(20-24(4)22-38)40(30)18-8-2/h9-16,19-20H,7-8,17-18H2,1-6H3/b23-19-,24-20-. The van der Waals surface area contributed by atoms with Crippen LogP contribution in [0.5, 0.6) is 0 Å². The number of aromatic nitrogens is 2. The SMILES string of the molecule is CCCn1c(/C=C(/C)C#N)ccc1-c1ccc(-c2sc(-c3ccc(-c4ccc(/C=C(/C)C#N)n4CCC)s3)c(C)c2C)s1. The Kier molecular flexibility index (Phi) is 9.37. The van der Waals surface area contributed by atoms with Gasteiger partial charge in [-0.15, -0.1) is 34.0 Å². The van der Waals surface area contributed by atoms with E-state index in [9.17, 15) is 10.5 Å². The number of hydrogen-bond acceptors (Lipinski definition) is 5. The summed E-state index contributed by atoms with van der Waals surface area (Å²) in [7, 11) is 0. The van der Waals surface area contributed by atoms with E-state index in [1.54, 1.807) is 0 Å². The molecule has 0 unspecified atom stereocenters. The van der Waals surface area contributed by atoms with Gasteiger partial charge in [-0.05, 0) is 112 Å². The van der Waals surface area contributed by atoms with Crippen LogP contribution >= 0.6 is 34.0 Å². The Labute approximate surface area is 267 Å². The third kappa shape index (κ3) is 6.12. The average molecular weight is 621 g/mol. The van der Waals surface area contributed by atoms with Gasteiger partial charge in [0.25, 0.3) is 0 Å². The van der Waals surface area contributed by atoms with Gasteiger partial charge in [0.05, 0.1) is 33.3 Å². The molecule has 0 aliphatic carbocycles. The minimum absolute atomic E-state index is 0.716. The van der Waals surface area contributed by atoms with Gasteiger partial charge in [0, 0.05) is 55.1 Å². The number of thiophene rings is 3. The molecule has 7 heteroatoms. The lowest BCUT2D eigenvalue weighted by Gasteiger charge is -2.09. The van der Waals surface area contributed by atoms with Gasteiger partial charge in [-0.3, -0.25) is 0 Å². The molecule has 0 aliphatic heterocycles. The average Bonchev–Trinajstić information content (AvgIpc) is 3.83. The van der Waals surface area contributed by atoms with Crippen LogP contribution in [0.1, 0.15) is 63.1 Å². The number of nitriles is 2. The Balaban J connectivity index is 1.48. The summed E-state index contributed by atoms with van der Waals surface area (Å²) in [5.74, 6) is 0. The molecule has 5 rings (SSSR count). The summed E-state index contributed by atoms with van der Waals surface area (Å²) in [6.45, 7) is 14.4. The maximum Gasteiger partial charge on any atom is 0.0944 e. The molecule has 0 aromatic carbocycles. The van der Waals surface area contributed by atoms with Gasteiger partial charge < -0.3 is 9.13 Å². The molecule has 0 saturated carbocycles. The third-order valence-electron chi connectivity index (χ3n) is 7.62. The quantitative estimate of drug-likeness (QED) is 0.146. The summed E-state index contributed by atoms with van der Waals surface area (Å²) < 4.78 is 4.66.